The number of hydrogen-bond donors (Lipinski definition) is 1. The molecule has 2 heterocycles. The summed E-state index contributed by atoms with van der Waals surface area (Å²) in [7, 11) is -4.25. The third kappa shape index (κ3) is 9.23. The number of ether oxygens (including phenoxy) is 2. The van der Waals surface area contributed by atoms with Gasteiger partial charge < -0.3 is 14.8 Å². The number of cyclic esters (lactones) is 1. The number of anilines is 1. The zero-order chi connectivity index (χ0) is 35.8. The maximum Gasteiger partial charge on any atom is 0.418 e. The average Bonchev–Trinajstić information content (AvgIpc) is 3.25. The second-order valence-electron chi connectivity index (χ2n) is 13.4. The Labute approximate surface area is 295 Å². The summed E-state index contributed by atoms with van der Waals surface area (Å²) >= 11 is 1.57. The molecule has 1 fully saturated rings. The van der Waals surface area contributed by atoms with E-state index in [2.05, 4.69) is 38.0 Å². The second-order valence-corrected chi connectivity index (χ2v) is 17.0. The first-order valence-corrected chi connectivity index (χ1v) is 19.4. The van der Waals surface area contributed by atoms with E-state index in [1.807, 2.05) is 12.1 Å². The fourth-order valence-corrected chi connectivity index (χ4v) is 8.24. The first-order chi connectivity index (χ1) is 23.2. The number of nitrogens with zero attached hydrogens (tertiary/aromatic N) is 3. The molecule has 2 aliphatic heterocycles. The number of carbonyl (C=O) groups excluding carboxylic acids is 3. The van der Waals surface area contributed by atoms with Crippen LogP contribution in [0, 0.1) is 0 Å². The molecule has 49 heavy (non-hydrogen) atoms. The van der Waals surface area contributed by atoms with Gasteiger partial charge in [0.1, 0.15) is 4.90 Å². The lowest BCUT2D eigenvalue weighted by molar-refractivity contribution is -0.137. The van der Waals surface area contributed by atoms with Crippen molar-refractivity contribution >= 4 is 56.9 Å². The van der Waals surface area contributed by atoms with E-state index in [0.717, 1.165) is 34.9 Å². The van der Waals surface area contributed by atoms with Crippen LogP contribution in [0.3, 0.4) is 0 Å². The maximum absolute atomic E-state index is 14.5. The Morgan fingerprint density at radius 3 is 2.33 bits per heavy atom. The highest BCUT2D eigenvalue weighted by Crippen LogP contribution is 2.40. The monoisotopic (exact) mass is 714 g/mol. The number of sulfonamides is 1. The molecule has 268 valence electrons. The fourth-order valence-electron chi connectivity index (χ4n) is 5.50. The van der Waals surface area contributed by atoms with Crippen LogP contribution in [-0.4, -0.2) is 77.5 Å². The Hall–Kier alpha value is -3.42. The van der Waals surface area contributed by atoms with Gasteiger partial charge in [-0.15, -0.1) is 11.8 Å². The minimum atomic E-state index is -4.25. The largest absolute Gasteiger partial charge is 0.433 e. The van der Waals surface area contributed by atoms with Crippen molar-refractivity contribution in [2.24, 2.45) is 4.99 Å². The van der Waals surface area contributed by atoms with Gasteiger partial charge >= 0.3 is 6.09 Å². The molecule has 0 saturated carbocycles. The van der Waals surface area contributed by atoms with Gasteiger partial charge in [-0.25, -0.2) is 23.1 Å². The molecule has 1 N–H and O–H groups in total. The van der Waals surface area contributed by atoms with Gasteiger partial charge in [-0.2, -0.15) is 0 Å². The van der Waals surface area contributed by atoms with E-state index in [9.17, 15) is 22.8 Å². The number of amidine groups is 1. The number of aliphatic imine (C=N–C) groups is 1. The van der Waals surface area contributed by atoms with Crippen molar-refractivity contribution in [1.29, 1.82) is 0 Å². The zero-order valence-electron chi connectivity index (χ0n) is 29.5. The van der Waals surface area contributed by atoms with E-state index in [0.29, 0.717) is 23.6 Å². The molecule has 1 atom stereocenters. The van der Waals surface area contributed by atoms with Gasteiger partial charge in [0.2, 0.25) is 0 Å². The van der Waals surface area contributed by atoms with E-state index in [1.165, 1.54) is 45.2 Å². The third-order valence-corrected chi connectivity index (χ3v) is 11.9. The summed E-state index contributed by atoms with van der Waals surface area (Å²) in [6.45, 7) is 12.0. The zero-order valence-corrected chi connectivity index (χ0v) is 31.1. The first kappa shape index (κ1) is 38.4. The highest BCUT2D eigenvalue weighted by Gasteiger charge is 2.55. The number of hydrogen-bond acceptors (Lipinski definition) is 9. The quantitative estimate of drug-likeness (QED) is 0.124. The highest BCUT2D eigenvalue weighted by atomic mass is 32.2. The summed E-state index contributed by atoms with van der Waals surface area (Å²) in [6.07, 6.45) is 6.83. The van der Waals surface area contributed by atoms with Crippen LogP contribution < -0.4 is 5.32 Å². The summed E-state index contributed by atoms with van der Waals surface area (Å²) in [4.78, 5) is 47.6. The molecule has 0 spiro atoms. The van der Waals surface area contributed by atoms with Crippen molar-refractivity contribution in [2.45, 2.75) is 119 Å². The Kier molecular flexibility index (Phi) is 12.9. The van der Waals surface area contributed by atoms with Crippen molar-refractivity contribution in [3.8, 4) is 0 Å². The first-order valence-electron chi connectivity index (χ1n) is 17.2. The van der Waals surface area contributed by atoms with Crippen molar-refractivity contribution in [3.63, 3.8) is 0 Å². The van der Waals surface area contributed by atoms with E-state index < -0.39 is 39.6 Å². The third-order valence-electron chi connectivity index (χ3n) is 8.62. The van der Waals surface area contributed by atoms with Crippen LogP contribution in [0.5, 0.6) is 0 Å². The second kappa shape index (κ2) is 16.5. The fraction of sp³-hybridized carbons (Fsp3) is 0.556. The van der Waals surface area contributed by atoms with Gasteiger partial charge in [-0.05, 0) is 57.4 Å². The molecule has 0 aliphatic carbocycles. The van der Waals surface area contributed by atoms with Gasteiger partial charge in [0.25, 0.3) is 21.8 Å². The number of amides is 3. The van der Waals surface area contributed by atoms with Crippen LogP contribution in [0.15, 0.2) is 63.3 Å². The molecule has 11 nitrogen and oxygen atoms in total. The number of para-hydroxylation sites is 2. The molecule has 2 aliphatic rings. The van der Waals surface area contributed by atoms with Gasteiger partial charge in [0, 0.05) is 29.4 Å². The lowest BCUT2D eigenvalue weighted by Gasteiger charge is -2.35. The molecule has 0 radical (unpaired) electrons. The standard InChI is InChI=1S/C36H50N4O7S2/c1-7-9-10-11-12-17-24-46-25-18-23-39-31(37-27-20-14-16-22-29(27)49(39,44)45)30(40-33(42)36(5,6)47-34(40)43)32(41)38-26-19-13-15-21-28(26)48-35(3,4)8-2/h13-16,19-22,30H,7-12,17-18,23-25H2,1-6H3,(H,38,41). The number of thioether (sulfide) groups is 1. The number of carbonyl (C=O) groups is 3. The van der Waals surface area contributed by atoms with Crippen LogP contribution in [0.2, 0.25) is 0 Å². The number of benzene rings is 2. The predicted molar refractivity (Wildman–Crippen MR) is 193 cm³/mol. The number of unbranched alkanes of at least 4 members (excludes halogenated alkanes) is 5. The van der Waals surface area contributed by atoms with Crippen LogP contribution in [0.4, 0.5) is 16.2 Å². The molecule has 13 heteroatoms. The summed E-state index contributed by atoms with van der Waals surface area (Å²) in [6, 6.07) is 11.7. The number of fused-ring (bicyclic) bond motifs is 1. The summed E-state index contributed by atoms with van der Waals surface area (Å²) < 4.78 is 40.5. The van der Waals surface area contributed by atoms with Gasteiger partial charge in [-0.3, -0.25) is 13.9 Å². The molecular weight excluding hydrogens is 665 g/mol. The highest BCUT2D eigenvalue weighted by molar-refractivity contribution is 8.00. The van der Waals surface area contributed by atoms with Gasteiger partial charge in [-0.1, -0.05) is 84.1 Å². The van der Waals surface area contributed by atoms with Crippen molar-refractivity contribution in [3.05, 3.63) is 48.5 Å². The summed E-state index contributed by atoms with van der Waals surface area (Å²) in [5.74, 6) is -1.86. The van der Waals surface area contributed by atoms with Crippen LogP contribution in [0.1, 0.15) is 92.9 Å². The smallest absolute Gasteiger partial charge is 0.418 e. The summed E-state index contributed by atoms with van der Waals surface area (Å²) in [5, 5.41) is 2.89. The number of nitrogens with one attached hydrogen (secondary N) is 1. The molecule has 2 aromatic rings. The van der Waals surface area contributed by atoms with Crippen LogP contribution >= 0.6 is 11.8 Å². The number of rotatable bonds is 18. The SMILES string of the molecule is CCCCCCCCOCCCN1C(C(C(=O)Nc2ccccc2SC(C)(C)CC)N2C(=O)OC(C)(C)C2=O)=Nc2ccccc2S1(=O)=O. The Morgan fingerprint density at radius 1 is 0.980 bits per heavy atom. The molecule has 0 aromatic heterocycles. The lowest BCUT2D eigenvalue weighted by Crippen LogP contribution is -2.59. The minimum Gasteiger partial charge on any atom is -0.433 e. The summed E-state index contributed by atoms with van der Waals surface area (Å²) in [5.41, 5.74) is -1.01. The molecule has 1 saturated heterocycles. The van der Waals surface area contributed by atoms with Crippen molar-refractivity contribution in [1.82, 2.24) is 9.21 Å². The molecule has 4 rings (SSSR count). The minimum absolute atomic E-state index is 0.0369. The van der Waals surface area contributed by atoms with E-state index in [-0.39, 0.29) is 34.3 Å². The molecule has 1 unspecified atom stereocenters. The van der Waals surface area contributed by atoms with E-state index >= 15 is 0 Å². The Bertz CT molecular complexity index is 1640. The van der Waals surface area contributed by atoms with Crippen LogP contribution in [0.25, 0.3) is 0 Å². The predicted octanol–water partition coefficient (Wildman–Crippen LogP) is 7.53. The normalized spacial score (nSPS) is 17.4. The molecule has 3 amide bonds. The van der Waals surface area contributed by atoms with E-state index in [1.54, 1.807) is 36.0 Å². The van der Waals surface area contributed by atoms with Crippen molar-refractivity contribution in [2.75, 3.05) is 25.1 Å². The molecular formula is C36H50N4O7S2. The average molecular weight is 715 g/mol. The maximum atomic E-state index is 14.5. The topological polar surface area (TPSA) is 135 Å². The van der Waals surface area contributed by atoms with Crippen LogP contribution in [-0.2, 0) is 29.1 Å². The van der Waals surface area contributed by atoms with Gasteiger partial charge in [0.15, 0.2) is 17.5 Å². The number of imide groups is 1. The van der Waals surface area contributed by atoms with E-state index in [4.69, 9.17) is 9.47 Å². The molecule has 2 aromatic carbocycles. The lowest BCUT2D eigenvalue weighted by atomic mass is 10.1. The Balaban J connectivity index is 1.68. The van der Waals surface area contributed by atoms with Gasteiger partial charge in [0.05, 0.1) is 11.4 Å². The Morgan fingerprint density at radius 2 is 1.63 bits per heavy atom. The van der Waals surface area contributed by atoms with Crippen molar-refractivity contribution < 1.29 is 32.3 Å². The molecule has 0 bridgehead atoms.